The Morgan fingerprint density at radius 3 is 2.05 bits per heavy atom. The molecule has 0 radical (unpaired) electrons. The van der Waals surface area contributed by atoms with Gasteiger partial charge in [0.15, 0.2) is 8.32 Å². The molecule has 0 fully saturated rings. The molecular weight excluding hydrogens is 414 g/mol. The molecule has 118 valence electrons. The molecular formula is C15H26Cl2OSi2Zr. The molecule has 1 atom stereocenters. The van der Waals surface area contributed by atoms with Crippen LogP contribution in [0, 0.1) is 12.2 Å². The first-order valence-corrected chi connectivity index (χ1v) is 10.9. The Bertz CT molecular complexity index is 414. The number of allylic oxidation sites excluding steroid dienone is 6. The molecule has 0 spiro atoms. The summed E-state index contributed by atoms with van der Waals surface area (Å²) in [5.41, 5.74) is 2.78. The molecule has 0 bridgehead atoms. The summed E-state index contributed by atoms with van der Waals surface area (Å²) >= 11 is 0. The molecule has 21 heavy (non-hydrogen) atoms. The monoisotopic (exact) mass is 438 g/mol. The van der Waals surface area contributed by atoms with Crippen LogP contribution >= 0.6 is 24.8 Å². The third-order valence-electron chi connectivity index (χ3n) is 2.95. The van der Waals surface area contributed by atoms with Gasteiger partial charge in [-0.2, -0.15) is 6.08 Å². The molecule has 2 aliphatic carbocycles. The van der Waals surface area contributed by atoms with E-state index in [0.717, 1.165) is 16.7 Å². The third kappa shape index (κ3) is 10.2. The maximum absolute atomic E-state index is 6.02. The van der Waals surface area contributed by atoms with Crippen LogP contribution in [0.5, 0.6) is 0 Å². The Kier molecular flexibility index (Phi) is 15.6. The summed E-state index contributed by atoms with van der Waals surface area (Å²) in [6.07, 6.45) is 13.6. The van der Waals surface area contributed by atoms with Crippen LogP contribution in [0.4, 0.5) is 0 Å². The van der Waals surface area contributed by atoms with E-state index in [0.29, 0.717) is 0 Å². The Hall–Kier alpha value is 0.817. The second kappa shape index (κ2) is 12.3. The van der Waals surface area contributed by atoms with Crippen molar-refractivity contribution in [2.75, 3.05) is 0 Å². The maximum Gasteiger partial charge on any atom is 2.00 e. The largest absolute Gasteiger partial charge is 2.00 e. The van der Waals surface area contributed by atoms with Gasteiger partial charge >= 0.3 is 26.2 Å². The minimum atomic E-state index is -1.42. The third-order valence-corrected chi connectivity index (χ3v) is 4.93. The Labute approximate surface area is 165 Å². The molecule has 0 aromatic carbocycles. The predicted octanol–water partition coefficient (Wildman–Crippen LogP) is 3.76. The molecule has 0 aromatic rings. The molecule has 2 rings (SSSR count). The number of hydrogen-bond donors (Lipinski definition) is 0. The molecule has 0 aliphatic heterocycles. The van der Waals surface area contributed by atoms with Gasteiger partial charge < -0.3 is 4.43 Å². The van der Waals surface area contributed by atoms with Crippen molar-refractivity contribution in [2.45, 2.75) is 46.0 Å². The summed E-state index contributed by atoms with van der Waals surface area (Å²) in [5, 5.41) is 1.39. The standard InChI is InChI=1S/C10H19OSi2.C5H5.2ClH.Zr/c1-7-8(2)10(12)6-9(7)11-13(3,4)5;1-2-4-5-3-1;;;/h9H,1-5,12H3;1-3H,4H2;2*1H;/q2*-1;;;+2. The fourth-order valence-electron chi connectivity index (χ4n) is 1.72. The van der Waals surface area contributed by atoms with Crippen molar-refractivity contribution >= 4 is 43.4 Å². The molecule has 2 aliphatic rings. The second-order valence-corrected chi connectivity index (χ2v) is 11.2. The molecule has 6 heteroatoms. The van der Waals surface area contributed by atoms with Crippen molar-refractivity contribution in [1.29, 1.82) is 0 Å². The number of rotatable bonds is 2. The van der Waals surface area contributed by atoms with Crippen molar-refractivity contribution < 1.29 is 30.6 Å². The molecule has 1 unspecified atom stereocenters. The minimum absolute atomic E-state index is 0. The van der Waals surface area contributed by atoms with Gasteiger partial charge in [-0.15, -0.1) is 43.7 Å². The van der Waals surface area contributed by atoms with Gasteiger partial charge in [-0.3, -0.25) is 6.08 Å². The first-order chi connectivity index (χ1) is 8.31. The van der Waals surface area contributed by atoms with E-state index in [-0.39, 0.29) is 57.1 Å². The second-order valence-electron chi connectivity index (χ2n) is 5.69. The van der Waals surface area contributed by atoms with Crippen molar-refractivity contribution in [3.63, 3.8) is 0 Å². The summed E-state index contributed by atoms with van der Waals surface area (Å²) in [5.74, 6) is 0. The van der Waals surface area contributed by atoms with E-state index in [4.69, 9.17) is 4.43 Å². The summed E-state index contributed by atoms with van der Waals surface area (Å²) in [6.45, 7) is 11.0. The normalized spacial score (nSPS) is 19.1. The van der Waals surface area contributed by atoms with Crippen LogP contribution in [0.2, 0.25) is 19.6 Å². The topological polar surface area (TPSA) is 9.23 Å². The summed E-state index contributed by atoms with van der Waals surface area (Å²) in [7, 11) is -0.330. The first kappa shape index (κ1) is 26.7. The molecule has 0 saturated heterocycles. The van der Waals surface area contributed by atoms with Crippen LogP contribution in [-0.2, 0) is 30.6 Å². The van der Waals surface area contributed by atoms with Gasteiger partial charge in [-0.05, 0) is 36.0 Å². The zero-order chi connectivity index (χ0) is 13.8. The fourth-order valence-corrected chi connectivity index (χ4v) is 3.32. The van der Waals surface area contributed by atoms with Crippen molar-refractivity contribution in [2.24, 2.45) is 0 Å². The quantitative estimate of drug-likeness (QED) is 0.469. The zero-order valence-corrected chi connectivity index (χ0v) is 20.8. The SMILES string of the molecule is CC1=C(C)C(O[Si](C)(C)C)[C-]=C1[SiH3].Cl.Cl.[C-]1=CC=CC1.[Zr+2]. The summed E-state index contributed by atoms with van der Waals surface area (Å²) < 4.78 is 6.02. The predicted molar refractivity (Wildman–Crippen MR) is 99.4 cm³/mol. The van der Waals surface area contributed by atoms with Gasteiger partial charge in [-0.1, -0.05) is 6.92 Å². The first-order valence-electron chi connectivity index (χ1n) is 6.48. The van der Waals surface area contributed by atoms with E-state index in [1.54, 1.807) is 0 Å². The number of hydrogen-bond acceptors (Lipinski definition) is 1. The van der Waals surface area contributed by atoms with E-state index in [2.05, 4.69) is 51.7 Å². The van der Waals surface area contributed by atoms with E-state index in [1.807, 2.05) is 12.2 Å². The van der Waals surface area contributed by atoms with Crippen molar-refractivity contribution in [3.8, 4) is 0 Å². The van der Waals surface area contributed by atoms with E-state index in [9.17, 15) is 0 Å². The Morgan fingerprint density at radius 2 is 1.81 bits per heavy atom. The van der Waals surface area contributed by atoms with E-state index >= 15 is 0 Å². The summed E-state index contributed by atoms with van der Waals surface area (Å²) in [4.78, 5) is 0. The maximum atomic E-state index is 6.02. The van der Waals surface area contributed by atoms with E-state index in [1.165, 1.54) is 16.3 Å². The smallest absolute Gasteiger partial charge is 0.426 e. The van der Waals surface area contributed by atoms with Crippen molar-refractivity contribution in [1.82, 2.24) is 0 Å². The average molecular weight is 441 g/mol. The van der Waals surface area contributed by atoms with Crippen LogP contribution in [0.25, 0.3) is 0 Å². The van der Waals surface area contributed by atoms with Crippen LogP contribution in [0.3, 0.4) is 0 Å². The number of halogens is 2. The minimum Gasteiger partial charge on any atom is -0.426 e. The Morgan fingerprint density at radius 1 is 1.24 bits per heavy atom. The van der Waals surface area contributed by atoms with Gasteiger partial charge in [0.05, 0.1) is 0 Å². The van der Waals surface area contributed by atoms with E-state index < -0.39 is 8.32 Å². The molecule has 0 saturated carbocycles. The molecule has 0 N–H and O–H groups in total. The summed E-state index contributed by atoms with van der Waals surface area (Å²) in [6, 6.07) is 0. The van der Waals surface area contributed by atoms with Gasteiger partial charge in [0.2, 0.25) is 0 Å². The van der Waals surface area contributed by atoms with Gasteiger partial charge in [0.25, 0.3) is 0 Å². The van der Waals surface area contributed by atoms with Gasteiger partial charge in [-0.25, -0.2) is 29.0 Å². The molecule has 1 nitrogen and oxygen atoms in total. The Balaban J connectivity index is -0.000000349. The molecule has 0 aromatic heterocycles. The van der Waals surface area contributed by atoms with Crippen molar-refractivity contribution in [3.05, 3.63) is 46.7 Å². The molecule has 0 amide bonds. The van der Waals surface area contributed by atoms with Gasteiger partial charge in [0.1, 0.15) is 0 Å². The molecule has 0 heterocycles. The van der Waals surface area contributed by atoms with Crippen LogP contribution in [0.15, 0.2) is 34.6 Å². The van der Waals surface area contributed by atoms with Crippen LogP contribution < -0.4 is 0 Å². The fraction of sp³-hybridized carbons (Fsp3) is 0.467. The van der Waals surface area contributed by atoms with Gasteiger partial charge in [0, 0.05) is 0 Å². The average Bonchev–Trinajstić information content (AvgIpc) is 2.87. The van der Waals surface area contributed by atoms with Crippen LogP contribution in [0.1, 0.15) is 20.3 Å². The van der Waals surface area contributed by atoms with Crippen LogP contribution in [-0.4, -0.2) is 24.7 Å². The zero-order valence-electron chi connectivity index (χ0n) is 13.7.